The molecule has 0 aromatic heterocycles. The van der Waals surface area contributed by atoms with Crippen molar-refractivity contribution < 1.29 is 19.1 Å². The van der Waals surface area contributed by atoms with E-state index in [0.29, 0.717) is 0 Å². The summed E-state index contributed by atoms with van der Waals surface area (Å²) < 4.78 is 9.45. The zero-order chi connectivity index (χ0) is 11.0. The van der Waals surface area contributed by atoms with E-state index in [9.17, 15) is 9.59 Å². The second-order valence-corrected chi connectivity index (χ2v) is 3.40. The molecule has 80 valence electrons. The first-order chi connectivity index (χ1) is 6.60. The fourth-order valence-electron chi connectivity index (χ4n) is 0.535. The van der Waals surface area contributed by atoms with Crippen LogP contribution in [0.25, 0.3) is 0 Å². The molecule has 1 unspecified atom stereocenters. The smallest absolute Gasteiger partial charge is 0.321 e. The van der Waals surface area contributed by atoms with E-state index in [1.54, 1.807) is 6.92 Å². The maximum Gasteiger partial charge on any atom is 0.321 e. The number of ether oxygens (including phenoxy) is 2. The van der Waals surface area contributed by atoms with Gasteiger partial charge in [-0.3, -0.25) is 9.59 Å². The maximum absolute atomic E-state index is 10.8. The molecule has 0 bridgehead atoms. The van der Waals surface area contributed by atoms with Gasteiger partial charge in [-0.15, -0.1) is 0 Å². The van der Waals surface area contributed by atoms with Gasteiger partial charge in [-0.25, -0.2) is 0 Å². The van der Waals surface area contributed by atoms with Crippen molar-refractivity contribution in [1.29, 1.82) is 0 Å². The first kappa shape index (κ1) is 13.6. The van der Waals surface area contributed by atoms with Crippen LogP contribution >= 0.6 is 31.9 Å². The molecule has 0 fully saturated rings. The van der Waals surface area contributed by atoms with Crippen LogP contribution < -0.4 is 0 Å². The molecule has 6 heteroatoms. The van der Waals surface area contributed by atoms with Gasteiger partial charge in [-0.05, 0) is 13.0 Å². The summed E-state index contributed by atoms with van der Waals surface area (Å²) in [5.41, 5.74) is 0. The molecular weight excluding hydrogens is 320 g/mol. The lowest BCUT2D eigenvalue weighted by atomic mass is 10.4. The molecule has 0 spiro atoms. The van der Waals surface area contributed by atoms with Gasteiger partial charge in [0.25, 0.3) is 0 Å². The van der Waals surface area contributed by atoms with Gasteiger partial charge in [0.05, 0.1) is 6.26 Å². The number of carbonyl (C=O) groups excluding carboxylic acids is 2. The Hall–Kier alpha value is -0.360. The summed E-state index contributed by atoms with van der Waals surface area (Å²) in [5, 5.41) is 0.277. The SMILES string of the molecule is CC(C=COC(=O)CBr)OC(=O)CBr. The number of halogens is 2. The third-order valence-electron chi connectivity index (χ3n) is 1.08. The van der Waals surface area contributed by atoms with Gasteiger partial charge in [0, 0.05) is 0 Å². The number of rotatable bonds is 5. The fraction of sp³-hybridized carbons (Fsp3) is 0.500. The van der Waals surface area contributed by atoms with Crippen LogP contribution in [0.2, 0.25) is 0 Å². The lowest BCUT2D eigenvalue weighted by molar-refractivity contribution is -0.142. The van der Waals surface area contributed by atoms with Crippen molar-refractivity contribution >= 4 is 43.8 Å². The number of esters is 2. The van der Waals surface area contributed by atoms with E-state index in [4.69, 9.17) is 4.74 Å². The van der Waals surface area contributed by atoms with Crippen molar-refractivity contribution in [3.05, 3.63) is 12.3 Å². The second kappa shape index (κ2) is 7.99. The van der Waals surface area contributed by atoms with Crippen LogP contribution in [0.3, 0.4) is 0 Å². The third kappa shape index (κ3) is 7.08. The molecule has 0 rings (SSSR count). The summed E-state index contributed by atoms with van der Waals surface area (Å²) in [5.74, 6) is -0.769. The maximum atomic E-state index is 10.8. The Bertz CT molecular complexity index is 227. The van der Waals surface area contributed by atoms with Gasteiger partial charge in [0.1, 0.15) is 16.8 Å². The van der Waals surface area contributed by atoms with Gasteiger partial charge >= 0.3 is 11.9 Å². The van der Waals surface area contributed by atoms with Crippen molar-refractivity contribution in [1.82, 2.24) is 0 Å². The van der Waals surface area contributed by atoms with Crippen molar-refractivity contribution in [3.63, 3.8) is 0 Å². The largest absolute Gasteiger partial charge is 0.458 e. The van der Waals surface area contributed by atoms with Crippen LogP contribution in [0, 0.1) is 0 Å². The average Bonchev–Trinajstić information content (AvgIpc) is 2.17. The summed E-state index contributed by atoms with van der Waals surface area (Å²) in [4.78, 5) is 21.4. The summed E-state index contributed by atoms with van der Waals surface area (Å²) in [7, 11) is 0. The highest BCUT2D eigenvalue weighted by Crippen LogP contribution is 1.97. The number of hydrogen-bond acceptors (Lipinski definition) is 4. The number of hydrogen-bond donors (Lipinski definition) is 0. The predicted octanol–water partition coefficient (Wildman–Crippen LogP) is 1.76. The summed E-state index contributed by atoms with van der Waals surface area (Å²) in [6.07, 6.45) is 2.26. The van der Waals surface area contributed by atoms with E-state index in [1.165, 1.54) is 12.3 Å². The zero-order valence-electron chi connectivity index (χ0n) is 7.54. The van der Waals surface area contributed by atoms with Crippen LogP contribution in [-0.2, 0) is 19.1 Å². The van der Waals surface area contributed by atoms with Crippen LogP contribution in [0.15, 0.2) is 12.3 Å². The summed E-state index contributed by atoms with van der Waals surface area (Å²) >= 11 is 5.89. The first-order valence-corrected chi connectivity index (χ1v) is 6.02. The Labute approximate surface area is 98.9 Å². The first-order valence-electron chi connectivity index (χ1n) is 3.77. The summed E-state index contributed by atoms with van der Waals surface area (Å²) in [6.45, 7) is 1.67. The predicted molar refractivity (Wildman–Crippen MR) is 58.4 cm³/mol. The topological polar surface area (TPSA) is 52.6 Å². The lowest BCUT2D eigenvalue weighted by Crippen LogP contribution is -2.13. The molecule has 0 aromatic rings. The van der Waals surface area contributed by atoms with Gasteiger partial charge in [0.15, 0.2) is 0 Å². The van der Waals surface area contributed by atoms with E-state index in [-0.39, 0.29) is 16.6 Å². The Balaban J connectivity index is 3.76. The van der Waals surface area contributed by atoms with E-state index >= 15 is 0 Å². The Kier molecular flexibility index (Phi) is 7.78. The van der Waals surface area contributed by atoms with Crippen molar-refractivity contribution in [2.45, 2.75) is 13.0 Å². The van der Waals surface area contributed by atoms with Gasteiger partial charge < -0.3 is 9.47 Å². The third-order valence-corrected chi connectivity index (χ3v) is 2.00. The van der Waals surface area contributed by atoms with Crippen LogP contribution in [0.4, 0.5) is 0 Å². The van der Waals surface area contributed by atoms with Gasteiger partial charge in [-0.1, -0.05) is 31.9 Å². The molecule has 0 saturated carbocycles. The quantitative estimate of drug-likeness (QED) is 0.438. The minimum Gasteiger partial charge on any atom is -0.458 e. The Morgan fingerprint density at radius 1 is 1.29 bits per heavy atom. The van der Waals surface area contributed by atoms with E-state index in [2.05, 4.69) is 36.6 Å². The Morgan fingerprint density at radius 3 is 2.36 bits per heavy atom. The second-order valence-electron chi connectivity index (χ2n) is 2.28. The zero-order valence-corrected chi connectivity index (χ0v) is 10.7. The van der Waals surface area contributed by atoms with Crippen molar-refractivity contribution in [2.24, 2.45) is 0 Å². The highest BCUT2D eigenvalue weighted by atomic mass is 79.9. The monoisotopic (exact) mass is 328 g/mol. The standard InChI is InChI=1S/C8H10Br2O4/c1-6(14-8(12)5-10)2-3-13-7(11)4-9/h2-3,6H,4-5H2,1H3. The van der Waals surface area contributed by atoms with E-state index < -0.39 is 12.1 Å². The van der Waals surface area contributed by atoms with Crippen molar-refractivity contribution in [3.8, 4) is 0 Å². The molecule has 0 radical (unpaired) electrons. The highest BCUT2D eigenvalue weighted by molar-refractivity contribution is 9.09. The molecule has 4 nitrogen and oxygen atoms in total. The van der Waals surface area contributed by atoms with Crippen LogP contribution in [0.1, 0.15) is 6.92 Å². The molecule has 0 saturated heterocycles. The molecule has 0 aliphatic carbocycles. The van der Waals surface area contributed by atoms with E-state index in [0.717, 1.165) is 0 Å². The fourth-order valence-corrected chi connectivity index (χ4v) is 0.800. The lowest BCUT2D eigenvalue weighted by Gasteiger charge is -2.06. The molecule has 14 heavy (non-hydrogen) atoms. The molecule has 0 amide bonds. The average molecular weight is 330 g/mol. The van der Waals surface area contributed by atoms with Crippen molar-refractivity contribution in [2.75, 3.05) is 10.7 Å². The van der Waals surface area contributed by atoms with Gasteiger partial charge in [0.2, 0.25) is 0 Å². The molecule has 0 aromatic carbocycles. The van der Waals surface area contributed by atoms with E-state index in [1.807, 2.05) is 0 Å². The minimum atomic E-state index is -0.414. The molecule has 1 atom stereocenters. The normalized spacial score (nSPS) is 12.5. The molecule has 0 aliphatic rings. The summed E-state index contributed by atoms with van der Waals surface area (Å²) in [6, 6.07) is 0. The number of alkyl halides is 2. The highest BCUT2D eigenvalue weighted by Gasteiger charge is 2.04. The molecular formula is C8H10Br2O4. The molecule has 0 aliphatic heterocycles. The molecule has 0 heterocycles. The molecule has 0 N–H and O–H groups in total. The minimum absolute atomic E-state index is 0.132. The number of carbonyl (C=O) groups is 2. The van der Waals surface area contributed by atoms with Crippen LogP contribution in [-0.4, -0.2) is 28.7 Å². The Morgan fingerprint density at radius 2 is 1.86 bits per heavy atom. The van der Waals surface area contributed by atoms with Crippen LogP contribution in [0.5, 0.6) is 0 Å². The van der Waals surface area contributed by atoms with Gasteiger partial charge in [-0.2, -0.15) is 0 Å².